The Balaban J connectivity index is 2.02. The van der Waals surface area contributed by atoms with Crippen molar-refractivity contribution in [3.63, 3.8) is 0 Å². The van der Waals surface area contributed by atoms with E-state index < -0.39 is 0 Å². The molecule has 2 unspecified atom stereocenters. The third-order valence-corrected chi connectivity index (χ3v) is 3.69. The van der Waals surface area contributed by atoms with Gasteiger partial charge in [-0.15, -0.1) is 0 Å². The lowest BCUT2D eigenvalue weighted by Gasteiger charge is -2.06. The van der Waals surface area contributed by atoms with Crippen molar-refractivity contribution in [3.05, 3.63) is 28.2 Å². The zero-order valence-corrected chi connectivity index (χ0v) is 10.9. The molecular formula is C12H12BrFN2O. The van der Waals surface area contributed by atoms with Crippen LogP contribution in [-0.2, 0) is 4.74 Å². The molecule has 1 aliphatic rings. The SMILES string of the molecule is CC1CCC(c2nc3cc(Br)c(F)cc3[nH]2)O1. The van der Waals surface area contributed by atoms with Crippen LogP contribution in [0, 0.1) is 5.82 Å². The van der Waals surface area contributed by atoms with Gasteiger partial charge in [0.05, 0.1) is 21.6 Å². The number of H-pyrrole nitrogens is 1. The minimum Gasteiger partial charge on any atom is -0.367 e. The van der Waals surface area contributed by atoms with Crippen LogP contribution in [0.15, 0.2) is 16.6 Å². The molecule has 0 amide bonds. The highest BCUT2D eigenvalue weighted by Crippen LogP contribution is 2.32. The zero-order valence-electron chi connectivity index (χ0n) is 9.34. The maximum atomic E-state index is 13.4. The first-order valence-electron chi connectivity index (χ1n) is 5.63. The van der Waals surface area contributed by atoms with Gasteiger partial charge in [-0.25, -0.2) is 9.37 Å². The second-order valence-electron chi connectivity index (χ2n) is 4.42. The summed E-state index contributed by atoms with van der Waals surface area (Å²) < 4.78 is 19.5. The van der Waals surface area contributed by atoms with Gasteiger partial charge < -0.3 is 9.72 Å². The summed E-state index contributed by atoms with van der Waals surface area (Å²) in [5, 5.41) is 0. The molecule has 1 N–H and O–H groups in total. The Morgan fingerprint density at radius 1 is 1.47 bits per heavy atom. The van der Waals surface area contributed by atoms with Gasteiger partial charge in [-0.3, -0.25) is 0 Å². The van der Waals surface area contributed by atoms with Crippen LogP contribution in [0.2, 0.25) is 0 Å². The van der Waals surface area contributed by atoms with Crippen LogP contribution in [0.3, 0.4) is 0 Å². The smallest absolute Gasteiger partial charge is 0.139 e. The molecule has 1 aliphatic heterocycles. The van der Waals surface area contributed by atoms with Crippen molar-refractivity contribution in [2.24, 2.45) is 0 Å². The van der Waals surface area contributed by atoms with Crippen LogP contribution < -0.4 is 0 Å². The second kappa shape index (κ2) is 4.07. The Hall–Kier alpha value is -0.940. The first-order chi connectivity index (χ1) is 8.13. The second-order valence-corrected chi connectivity index (χ2v) is 5.27. The largest absolute Gasteiger partial charge is 0.367 e. The Labute approximate surface area is 107 Å². The molecule has 0 bridgehead atoms. The summed E-state index contributed by atoms with van der Waals surface area (Å²) in [6.07, 6.45) is 2.29. The van der Waals surface area contributed by atoms with E-state index in [1.54, 1.807) is 6.07 Å². The lowest BCUT2D eigenvalue weighted by Crippen LogP contribution is -2.02. The number of hydrogen-bond donors (Lipinski definition) is 1. The number of halogens is 2. The fourth-order valence-electron chi connectivity index (χ4n) is 2.18. The van der Waals surface area contributed by atoms with Crippen LogP contribution in [0.5, 0.6) is 0 Å². The Morgan fingerprint density at radius 3 is 3.00 bits per heavy atom. The number of ether oxygens (including phenoxy) is 1. The molecule has 1 aromatic heterocycles. The highest BCUT2D eigenvalue weighted by atomic mass is 79.9. The number of aromatic nitrogens is 2. The van der Waals surface area contributed by atoms with Gasteiger partial charge >= 0.3 is 0 Å². The summed E-state index contributed by atoms with van der Waals surface area (Å²) in [5.74, 6) is 0.509. The predicted octanol–water partition coefficient (Wildman–Crippen LogP) is 3.70. The van der Waals surface area contributed by atoms with Crippen molar-refractivity contribution in [3.8, 4) is 0 Å². The first-order valence-corrected chi connectivity index (χ1v) is 6.43. The summed E-state index contributed by atoms with van der Waals surface area (Å²) in [6, 6.07) is 3.14. The van der Waals surface area contributed by atoms with E-state index in [0.717, 1.165) is 24.2 Å². The number of fused-ring (bicyclic) bond motifs is 1. The summed E-state index contributed by atoms with van der Waals surface area (Å²) in [4.78, 5) is 7.58. The van der Waals surface area contributed by atoms with Crippen molar-refractivity contribution in [1.82, 2.24) is 9.97 Å². The molecule has 1 aromatic carbocycles. The summed E-state index contributed by atoms with van der Waals surface area (Å²) >= 11 is 3.16. The van der Waals surface area contributed by atoms with Crippen LogP contribution in [0.25, 0.3) is 11.0 Å². The summed E-state index contributed by atoms with van der Waals surface area (Å²) in [5.41, 5.74) is 1.47. The van der Waals surface area contributed by atoms with E-state index >= 15 is 0 Å². The molecular weight excluding hydrogens is 287 g/mol. The van der Waals surface area contributed by atoms with Crippen LogP contribution >= 0.6 is 15.9 Å². The molecule has 5 heteroatoms. The number of benzene rings is 1. The first kappa shape index (κ1) is 11.2. The van der Waals surface area contributed by atoms with E-state index in [-0.39, 0.29) is 18.0 Å². The minimum absolute atomic E-state index is 0.0132. The zero-order chi connectivity index (χ0) is 12.0. The Kier molecular flexibility index (Phi) is 2.67. The normalized spacial score (nSPS) is 24.6. The van der Waals surface area contributed by atoms with E-state index in [2.05, 4.69) is 32.8 Å². The fraction of sp³-hybridized carbons (Fsp3) is 0.417. The van der Waals surface area contributed by atoms with E-state index in [4.69, 9.17) is 4.74 Å². The standard InChI is InChI=1S/C12H12BrFN2O/c1-6-2-3-11(17-6)12-15-9-4-7(13)8(14)5-10(9)16-12/h4-6,11H,2-3H2,1H3,(H,15,16). The number of imidazole rings is 1. The average molecular weight is 299 g/mol. The highest BCUT2D eigenvalue weighted by Gasteiger charge is 2.26. The molecule has 90 valence electrons. The van der Waals surface area contributed by atoms with E-state index in [0.29, 0.717) is 9.99 Å². The van der Waals surface area contributed by atoms with Crippen LogP contribution in [0.4, 0.5) is 4.39 Å². The lowest BCUT2D eigenvalue weighted by molar-refractivity contribution is 0.0510. The highest BCUT2D eigenvalue weighted by molar-refractivity contribution is 9.10. The molecule has 17 heavy (non-hydrogen) atoms. The third kappa shape index (κ3) is 1.98. The maximum Gasteiger partial charge on any atom is 0.139 e. The summed E-state index contributed by atoms with van der Waals surface area (Å²) in [7, 11) is 0. The van der Waals surface area contributed by atoms with Gasteiger partial charge in [0.25, 0.3) is 0 Å². The molecule has 0 saturated carbocycles. The Morgan fingerprint density at radius 2 is 2.29 bits per heavy atom. The molecule has 0 radical (unpaired) electrons. The molecule has 1 fully saturated rings. The molecule has 3 rings (SSSR count). The Bertz CT molecular complexity index is 530. The van der Waals surface area contributed by atoms with Crippen molar-refractivity contribution in [1.29, 1.82) is 0 Å². The molecule has 1 saturated heterocycles. The van der Waals surface area contributed by atoms with Gasteiger partial charge in [0.1, 0.15) is 17.7 Å². The van der Waals surface area contributed by atoms with Crippen molar-refractivity contribution >= 4 is 27.0 Å². The number of rotatable bonds is 1. The van der Waals surface area contributed by atoms with Gasteiger partial charge in [0.15, 0.2) is 0 Å². The van der Waals surface area contributed by atoms with E-state index in [9.17, 15) is 4.39 Å². The quantitative estimate of drug-likeness (QED) is 0.871. The van der Waals surface area contributed by atoms with Gasteiger partial charge in [-0.05, 0) is 41.8 Å². The van der Waals surface area contributed by atoms with Gasteiger partial charge in [-0.2, -0.15) is 0 Å². The number of nitrogens with zero attached hydrogens (tertiary/aromatic N) is 1. The van der Waals surface area contributed by atoms with E-state index in [1.165, 1.54) is 6.07 Å². The molecule has 0 spiro atoms. The number of aromatic amines is 1. The van der Waals surface area contributed by atoms with Crippen molar-refractivity contribution in [2.45, 2.75) is 32.0 Å². The maximum absolute atomic E-state index is 13.4. The van der Waals surface area contributed by atoms with Crippen molar-refractivity contribution in [2.75, 3.05) is 0 Å². The molecule has 2 aromatic rings. The number of nitrogens with one attached hydrogen (secondary N) is 1. The van der Waals surface area contributed by atoms with Gasteiger partial charge in [0.2, 0.25) is 0 Å². The topological polar surface area (TPSA) is 37.9 Å². The molecule has 3 nitrogen and oxygen atoms in total. The molecule has 0 aliphatic carbocycles. The van der Waals surface area contributed by atoms with Gasteiger partial charge in [-0.1, -0.05) is 0 Å². The van der Waals surface area contributed by atoms with Crippen molar-refractivity contribution < 1.29 is 9.13 Å². The summed E-state index contributed by atoms with van der Waals surface area (Å²) in [6.45, 7) is 2.05. The van der Waals surface area contributed by atoms with Crippen LogP contribution in [-0.4, -0.2) is 16.1 Å². The monoisotopic (exact) mass is 298 g/mol. The molecule has 2 heterocycles. The fourth-order valence-corrected chi connectivity index (χ4v) is 2.51. The predicted molar refractivity (Wildman–Crippen MR) is 66.3 cm³/mol. The van der Waals surface area contributed by atoms with Gasteiger partial charge in [0, 0.05) is 6.07 Å². The minimum atomic E-state index is -0.284. The number of hydrogen-bond acceptors (Lipinski definition) is 2. The van der Waals surface area contributed by atoms with Crippen LogP contribution in [0.1, 0.15) is 31.7 Å². The average Bonchev–Trinajstić information content (AvgIpc) is 2.85. The lowest BCUT2D eigenvalue weighted by atomic mass is 10.2. The molecule has 2 atom stereocenters. The third-order valence-electron chi connectivity index (χ3n) is 3.08. The van der Waals surface area contributed by atoms with E-state index in [1.807, 2.05) is 0 Å².